The van der Waals surface area contributed by atoms with Crippen molar-refractivity contribution >= 4 is 33.4 Å². The maximum atomic E-state index is 13.8. The van der Waals surface area contributed by atoms with Crippen LogP contribution in [0.25, 0.3) is 0 Å². The summed E-state index contributed by atoms with van der Waals surface area (Å²) in [6.45, 7) is 4.10. The number of sulfonamides is 1. The number of amides is 2. The van der Waals surface area contributed by atoms with Gasteiger partial charge in [-0.3, -0.25) is 19.1 Å². The molecular formula is C21H27N5O7S. The van der Waals surface area contributed by atoms with Gasteiger partial charge in [-0.2, -0.15) is 5.10 Å². The summed E-state index contributed by atoms with van der Waals surface area (Å²) < 4.78 is 36.2. The number of nitrogens with one attached hydrogen (secondary N) is 2. The SMILES string of the molecule is Cc1nn(C2CC2)cc1S(=O)(=O)N1CC(CNC(=O)C(C)(C)O)Oc2ccc(NC(=O)O)cc21. The number of aromatic nitrogens is 2. The van der Waals surface area contributed by atoms with Gasteiger partial charge < -0.3 is 20.3 Å². The van der Waals surface area contributed by atoms with Crippen LogP contribution in [0, 0.1) is 6.92 Å². The Balaban J connectivity index is 1.69. The van der Waals surface area contributed by atoms with E-state index < -0.39 is 33.7 Å². The number of ether oxygens (including phenoxy) is 1. The minimum atomic E-state index is -4.10. The lowest BCUT2D eigenvalue weighted by Gasteiger charge is -2.36. The highest BCUT2D eigenvalue weighted by molar-refractivity contribution is 7.92. The van der Waals surface area contributed by atoms with Crippen LogP contribution in [-0.2, 0) is 14.8 Å². The monoisotopic (exact) mass is 493 g/mol. The van der Waals surface area contributed by atoms with Gasteiger partial charge in [0.1, 0.15) is 22.4 Å². The standard InChI is InChI=1S/C21H27N5O7S/c1-12-18(11-25(24-12)14-5-6-14)34(31,32)26-10-15(9-22-19(27)21(2,3)30)33-17-7-4-13(8-16(17)26)23-20(28)29/h4,7-8,11,14-15,23,30H,5-6,9-10H2,1-3H3,(H,22,27)(H,28,29). The highest BCUT2D eigenvalue weighted by atomic mass is 32.2. The molecule has 1 aromatic carbocycles. The van der Waals surface area contributed by atoms with Gasteiger partial charge in [0.2, 0.25) is 0 Å². The predicted molar refractivity (Wildman–Crippen MR) is 122 cm³/mol. The molecule has 4 rings (SSSR count). The van der Waals surface area contributed by atoms with Gasteiger partial charge in [-0.25, -0.2) is 13.2 Å². The zero-order valence-corrected chi connectivity index (χ0v) is 19.8. The molecule has 184 valence electrons. The lowest BCUT2D eigenvalue weighted by molar-refractivity contribution is -0.136. The zero-order chi connectivity index (χ0) is 24.8. The number of fused-ring (bicyclic) bond motifs is 1. The summed E-state index contributed by atoms with van der Waals surface area (Å²) in [6, 6.07) is 4.49. The molecule has 4 N–H and O–H groups in total. The van der Waals surface area contributed by atoms with E-state index in [2.05, 4.69) is 15.7 Å². The Bertz CT molecular complexity index is 1230. The molecule has 0 bridgehead atoms. The zero-order valence-electron chi connectivity index (χ0n) is 19.0. The van der Waals surface area contributed by atoms with Gasteiger partial charge in [0, 0.05) is 11.9 Å². The van der Waals surface area contributed by atoms with Crippen molar-refractivity contribution < 1.29 is 33.0 Å². The summed E-state index contributed by atoms with van der Waals surface area (Å²) in [6.07, 6.45) is 1.34. The highest BCUT2D eigenvalue weighted by Crippen LogP contribution is 2.40. The van der Waals surface area contributed by atoms with Crippen LogP contribution < -0.4 is 19.7 Å². The Morgan fingerprint density at radius 3 is 2.62 bits per heavy atom. The van der Waals surface area contributed by atoms with Crippen LogP contribution in [0.3, 0.4) is 0 Å². The molecule has 1 unspecified atom stereocenters. The molecular weight excluding hydrogens is 466 g/mol. The molecule has 1 fully saturated rings. The lowest BCUT2D eigenvalue weighted by atomic mass is 10.1. The van der Waals surface area contributed by atoms with Crippen molar-refractivity contribution in [3.63, 3.8) is 0 Å². The van der Waals surface area contributed by atoms with E-state index in [9.17, 15) is 23.1 Å². The third-order valence-electron chi connectivity index (χ3n) is 5.55. The Kier molecular flexibility index (Phi) is 5.94. The van der Waals surface area contributed by atoms with Crippen molar-refractivity contribution in [3.05, 3.63) is 30.1 Å². The first kappa shape index (κ1) is 23.8. The summed E-state index contributed by atoms with van der Waals surface area (Å²) in [7, 11) is -4.10. The van der Waals surface area contributed by atoms with Gasteiger partial charge in [0.25, 0.3) is 15.9 Å². The van der Waals surface area contributed by atoms with Gasteiger partial charge in [0.15, 0.2) is 0 Å². The van der Waals surface area contributed by atoms with E-state index in [0.717, 1.165) is 17.1 Å². The molecule has 1 saturated carbocycles. The molecule has 1 aromatic heterocycles. The summed E-state index contributed by atoms with van der Waals surface area (Å²) in [5.74, 6) is -0.417. The van der Waals surface area contributed by atoms with E-state index in [0.29, 0.717) is 5.69 Å². The van der Waals surface area contributed by atoms with E-state index in [4.69, 9.17) is 9.84 Å². The second-order valence-electron chi connectivity index (χ2n) is 8.95. The summed E-state index contributed by atoms with van der Waals surface area (Å²) >= 11 is 0. The predicted octanol–water partition coefficient (Wildman–Crippen LogP) is 1.46. The van der Waals surface area contributed by atoms with E-state index in [-0.39, 0.29) is 41.2 Å². The number of carbonyl (C=O) groups is 2. The van der Waals surface area contributed by atoms with Crippen molar-refractivity contribution in [3.8, 4) is 5.75 Å². The summed E-state index contributed by atoms with van der Waals surface area (Å²) in [4.78, 5) is 23.2. The molecule has 0 spiro atoms. The first-order chi connectivity index (χ1) is 15.9. The van der Waals surface area contributed by atoms with Crippen LogP contribution in [0.1, 0.15) is 38.4 Å². The number of rotatable bonds is 7. The van der Waals surface area contributed by atoms with Gasteiger partial charge in [-0.15, -0.1) is 0 Å². The molecule has 34 heavy (non-hydrogen) atoms. The minimum Gasteiger partial charge on any atom is -0.484 e. The normalized spacial score (nSPS) is 18.1. The number of nitrogens with zero attached hydrogens (tertiary/aromatic N) is 3. The molecule has 2 heterocycles. The summed E-state index contributed by atoms with van der Waals surface area (Å²) in [5.41, 5.74) is -0.916. The number of aryl methyl sites for hydroxylation is 1. The maximum absolute atomic E-state index is 13.8. The Morgan fingerprint density at radius 2 is 2.00 bits per heavy atom. The molecule has 1 atom stereocenters. The molecule has 2 aromatic rings. The fourth-order valence-corrected chi connectivity index (χ4v) is 5.29. The lowest BCUT2D eigenvalue weighted by Crippen LogP contribution is -2.51. The van der Waals surface area contributed by atoms with Crippen LogP contribution in [-0.4, -0.2) is 65.2 Å². The largest absolute Gasteiger partial charge is 0.484 e. The van der Waals surface area contributed by atoms with Crippen molar-refractivity contribution in [1.29, 1.82) is 0 Å². The Hall–Kier alpha value is -3.32. The highest BCUT2D eigenvalue weighted by Gasteiger charge is 2.38. The van der Waals surface area contributed by atoms with Crippen LogP contribution in [0.4, 0.5) is 16.2 Å². The van der Waals surface area contributed by atoms with Gasteiger partial charge >= 0.3 is 6.09 Å². The smallest absolute Gasteiger partial charge is 0.409 e. The van der Waals surface area contributed by atoms with E-state index >= 15 is 0 Å². The molecule has 2 aliphatic rings. The first-order valence-corrected chi connectivity index (χ1v) is 12.2. The van der Waals surface area contributed by atoms with Crippen LogP contribution in [0.15, 0.2) is 29.3 Å². The quantitative estimate of drug-likeness (QED) is 0.450. The third-order valence-corrected chi connectivity index (χ3v) is 7.43. The van der Waals surface area contributed by atoms with E-state index in [1.165, 1.54) is 38.2 Å². The average Bonchev–Trinajstić information content (AvgIpc) is 3.51. The Morgan fingerprint density at radius 1 is 1.29 bits per heavy atom. The van der Waals surface area contributed by atoms with Crippen molar-refractivity contribution in [2.24, 2.45) is 0 Å². The Labute approximate surface area is 196 Å². The maximum Gasteiger partial charge on any atom is 0.409 e. The fourth-order valence-electron chi connectivity index (χ4n) is 3.63. The number of anilines is 2. The van der Waals surface area contributed by atoms with Crippen molar-refractivity contribution in [2.45, 2.75) is 56.3 Å². The number of carbonyl (C=O) groups excluding carboxylic acids is 1. The first-order valence-electron chi connectivity index (χ1n) is 10.8. The number of aliphatic hydroxyl groups is 1. The van der Waals surface area contributed by atoms with Gasteiger partial charge in [-0.05, 0) is 51.8 Å². The van der Waals surface area contributed by atoms with Crippen LogP contribution in [0.5, 0.6) is 5.75 Å². The summed E-state index contributed by atoms with van der Waals surface area (Å²) in [5, 5.41) is 28.1. The number of benzene rings is 1. The van der Waals surface area contributed by atoms with Crippen LogP contribution >= 0.6 is 0 Å². The molecule has 1 aliphatic carbocycles. The topological polar surface area (TPSA) is 163 Å². The third kappa shape index (κ3) is 4.80. The van der Waals surface area contributed by atoms with Gasteiger partial charge in [-0.1, -0.05) is 0 Å². The molecule has 13 heteroatoms. The number of carboxylic acid groups (broad SMARTS) is 1. The van der Waals surface area contributed by atoms with E-state index in [1.54, 1.807) is 11.6 Å². The van der Waals surface area contributed by atoms with Crippen molar-refractivity contribution in [1.82, 2.24) is 15.1 Å². The van der Waals surface area contributed by atoms with Gasteiger partial charge in [0.05, 0.1) is 30.5 Å². The number of hydrogen-bond donors (Lipinski definition) is 4. The van der Waals surface area contributed by atoms with E-state index in [1.807, 2.05) is 0 Å². The second kappa shape index (κ2) is 8.47. The fraction of sp³-hybridized carbons (Fsp3) is 0.476. The van der Waals surface area contributed by atoms with Crippen molar-refractivity contribution in [2.75, 3.05) is 22.7 Å². The average molecular weight is 494 g/mol. The minimum absolute atomic E-state index is 0.0446. The molecule has 2 amide bonds. The molecule has 12 nitrogen and oxygen atoms in total. The molecule has 1 aliphatic heterocycles. The number of hydrogen-bond acceptors (Lipinski definition) is 7. The molecule has 0 saturated heterocycles. The second-order valence-corrected chi connectivity index (χ2v) is 10.8. The van der Waals surface area contributed by atoms with Crippen LogP contribution in [0.2, 0.25) is 0 Å². The molecule has 0 radical (unpaired) electrons.